The Kier molecular flexibility index (Phi) is 4.33. The molecule has 2 aliphatic heterocycles. The van der Waals surface area contributed by atoms with Crippen LogP contribution < -0.4 is 0 Å². The number of aromatic nitrogens is 2. The molecular formula is C14H24N4O2. The molecule has 0 aliphatic carbocycles. The van der Waals surface area contributed by atoms with Crippen LogP contribution in [0.1, 0.15) is 37.5 Å². The molecule has 3 rings (SSSR count). The molecule has 1 aromatic heterocycles. The molecule has 2 aliphatic rings. The summed E-state index contributed by atoms with van der Waals surface area (Å²) in [6, 6.07) is 0.914. The van der Waals surface area contributed by atoms with Crippen molar-refractivity contribution in [2.75, 3.05) is 26.2 Å². The van der Waals surface area contributed by atoms with Crippen LogP contribution in [0.3, 0.4) is 0 Å². The SMILES string of the molecule is Cc1nnc(CN2CCCC2CN2CCCC2CO)o1. The second-order valence-electron chi connectivity index (χ2n) is 5.95. The zero-order valence-electron chi connectivity index (χ0n) is 12.2. The summed E-state index contributed by atoms with van der Waals surface area (Å²) in [5.41, 5.74) is 0. The Balaban J connectivity index is 1.58. The Bertz CT molecular complexity index is 437. The number of aliphatic hydroxyl groups excluding tert-OH is 1. The van der Waals surface area contributed by atoms with Gasteiger partial charge in [-0.15, -0.1) is 10.2 Å². The predicted molar refractivity (Wildman–Crippen MR) is 74.1 cm³/mol. The number of aliphatic hydroxyl groups is 1. The molecule has 0 bridgehead atoms. The quantitative estimate of drug-likeness (QED) is 0.860. The molecule has 0 spiro atoms. The number of hydrogen-bond acceptors (Lipinski definition) is 6. The maximum Gasteiger partial charge on any atom is 0.230 e. The van der Waals surface area contributed by atoms with Gasteiger partial charge in [0.05, 0.1) is 13.2 Å². The second-order valence-corrected chi connectivity index (χ2v) is 5.95. The van der Waals surface area contributed by atoms with Gasteiger partial charge in [-0.25, -0.2) is 0 Å². The summed E-state index contributed by atoms with van der Waals surface area (Å²) in [7, 11) is 0. The third kappa shape index (κ3) is 3.02. The lowest BCUT2D eigenvalue weighted by atomic mass is 10.2. The minimum Gasteiger partial charge on any atom is -0.424 e. The first-order valence-electron chi connectivity index (χ1n) is 7.64. The number of rotatable bonds is 5. The molecule has 0 aromatic carbocycles. The minimum absolute atomic E-state index is 0.287. The van der Waals surface area contributed by atoms with Crippen LogP contribution in [0.5, 0.6) is 0 Å². The smallest absolute Gasteiger partial charge is 0.230 e. The highest BCUT2D eigenvalue weighted by Gasteiger charge is 2.31. The van der Waals surface area contributed by atoms with E-state index in [2.05, 4.69) is 20.0 Å². The van der Waals surface area contributed by atoms with Gasteiger partial charge in [-0.1, -0.05) is 0 Å². The van der Waals surface area contributed by atoms with Gasteiger partial charge < -0.3 is 9.52 Å². The Morgan fingerprint density at radius 2 is 1.90 bits per heavy atom. The fourth-order valence-electron chi connectivity index (χ4n) is 3.50. The molecule has 6 heteroatoms. The van der Waals surface area contributed by atoms with E-state index in [0.717, 1.165) is 38.5 Å². The lowest BCUT2D eigenvalue weighted by molar-refractivity contribution is 0.116. The molecule has 2 atom stereocenters. The fraction of sp³-hybridized carbons (Fsp3) is 0.857. The lowest BCUT2D eigenvalue weighted by Gasteiger charge is -2.30. The van der Waals surface area contributed by atoms with Crippen molar-refractivity contribution in [2.45, 2.75) is 51.2 Å². The van der Waals surface area contributed by atoms with E-state index in [0.29, 0.717) is 18.0 Å². The molecule has 6 nitrogen and oxygen atoms in total. The molecular weight excluding hydrogens is 256 g/mol. The summed E-state index contributed by atoms with van der Waals surface area (Å²) in [5.74, 6) is 1.35. The van der Waals surface area contributed by atoms with E-state index in [9.17, 15) is 5.11 Å². The molecule has 2 saturated heterocycles. The second kappa shape index (κ2) is 6.20. The average molecular weight is 280 g/mol. The molecule has 1 aromatic rings. The van der Waals surface area contributed by atoms with Gasteiger partial charge in [0.15, 0.2) is 0 Å². The Labute approximate surface area is 119 Å². The monoisotopic (exact) mass is 280 g/mol. The number of aryl methyl sites for hydroxylation is 1. The summed E-state index contributed by atoms with van der Waals surface area (Å²) in [6.45, 7) is 6.14. The number of nitrogens with zero attached hydrogens (tertiary/aromatic N) is 4. The van der Waals surface area contributed by atoms with E-state index < -0.39 is 0 Å². The van der Waals surface area contributed by atoms with Gasteiger partial charge in [-0.05, 0) is 38.8 Å². The standard InChI is InChI=1S/C14H24N4O2/c1-11-15-16-14(20-11)9-18-7-2-4-12(18)8-17-6-3-5-13(17)10-19/h12-13,19H,2-10H2,1H3. The van der Waals surface area contributed by atoms with Crippen LogP contribution in [0.15, 0.2) is 4.42 Å². The van der Waals surface area contributed by atoms with Crippen molar-refractivity contribution < 1.29 is 9.52 Å². The Hall–Kier alpha value is -0.980. The maximum atomic E-state index is 9.43. The van der Waals surface area contributed by atoms with Crippen LogP contribution in [0, 0.1) is 6.92 Å². The van der Waals surface area contributed by atoms with E-state index in [-0.39, 0.29) is 6.61 Å². The van der Waals surface area contributed by atoms with Gasteiger partial charge in [0.1, 0.15) is 0 Å². The molecule has 0 amide bonds. The van der Waals surface area contributed by atoms with E-state index in [1.807, 2.05) is 6.92 Å². The highest BCUT2D eigenvalue weighted by atomic mass is 16.4. The highest BCUT2D eigenvalue weighted by Crippen LogP contribution is 2.24. The van der Waals surface area contributed by atoms with Crippen molar-refractivity contribution in [3.05, 3.63) is 11.8 Å². The lowest BCUT2D eigenvalue weighted by Crippen LogP contribution is -2.43. The molecule has 2 fully saturated rings. The van der Waals surface area contributed by atoms with Crippen molar-refractivity contribution in [2.24, 2.45) is 0 Å². The van der Waals surface area contributed by atoms with Crippen LogP contribution in [-0.4, -0.2) is 63.4 Å². The molecule has 1 N–H and O–H groups in total. The first kappa shape index (κ1) is 14.0. The summed E-state index contributed by atoms with van der Waals surface area (Å²) >= 11 is 0. The predicted octanol–water partition coefficient (Wildman–Crippen LogP) is 0.799. The normalized spacial score (nSPS) is 28.5. The fourth-order valence-corrected chi connectivity index (χ4v) is 3.50. The largest absolute Gasteiger partial charge is 0.424 e. The number of likely N-dealkylation sites (tertiary alicyclic amines) is 2. The van der Waals surface area contributed by atoms with Crippen molar-refractivity contribution in [1.82, 2.24) is 20.0 Å². The molecule has 112 valence electrons. The third-order valence-electron chi connectivity index (χ3n) is 4.56. The van der Waals surface area contributed by atoms with Gasteiger partial charge in [0.2, 0.25) is 11.8 Å². The molecule has 20 heavy (non-hydrogen) atoms. The third-order valence-corrected chi connectivity index (χ3v) is 4.56. The molecule has 2 unspecified atom stereocenters. The van der Waals surface area contributed by atoms with Gasteiger partial charge in [-0.3, -0.25) is 9.80 Å². The van der Waals surface area contributed by atoms with E-state index in [1.165, 1.54) is 19.3 Å². The number of hydrogen-bond donors (Lipinski definition) is 1. The zero-order chi connectivity index (χ0) is 13.9. The molecule has 0 saturated carbocycles. The Morgan fingerprint density at radius 3 is 2.60 bits per heavy atom. The Morgan fingerprint density at radius 1 is 1.15 bits per heavy atom. The van der Waals surface area contributed by atoms with Gasteiger partial charge in [0, 0.05) is 25.6 Å². The van der Waals surface area contributed by atoms with Crippen molar-refractivity contribution in [3.63, 3.8) is 0 Å². The van der Waals surface area contributed by atoms with E-state index >= 15 is 0 Å². The summed E-state index contributed by atoms with van der Waals surface area (Å²) in [5, 5.41) is 17.4. The topological polar surface area (TPSA) is 65.6 Å². The van der Waals surface area contributed by atoms with Crippen LogP contribution in [0.25, 0.3) is 0 Å². The summed E-state index contributed by atoms with van der Waals surface area (Å²) in [4.78, 5) is 4.89. The van der Waals surface area contributed by atoms with Gasteiger partial charge in [-0.2, -0.15) is 0 Å². The molecule has 0 radical (unpaired) electrons. The van der Waals surface area contributed by atoms with Crippen molar-refractivity contribution in [1.29, 1.82) is 0 Å². The summed E-state index contributed by atoms with van der Waals surface area (Å²) < 4.78 is 5.49. The minimum atomic E-state index is 0.287. The van der Waals surface area contributed by atoms with E-state index in [4.69, 9.17) is 4.42 Å². The highest BCUT2D eigenvalue weighted by molar-refractivity contribution is 4.89. The van der Waals surface area contributed by atoms with Gasteiger partial charge >= 0.3 is 0 Å². The van der Waals surface area contributed by atoms with Gasteiger partial charge in [0.25, 0.3) is 0 Å². The zero-order valence-corrected chi connectivity index (χ0v) is 12.2. The van der Waals surface area contributed by atoms with E-state index in [1.54, 1.807) is 0 Å². The first-order chi connectivity index (χ1) is 9.76. The molecule has 3 heterocycles. The van der Waals surface area contributed by atoms with Crippen LogP contribution >= 0.6 is 0 Å². The van der Waals surface area contributed by atoms with Crippen LogP contribution in [0.4, 0.5) is 0 Å². The van der Waals surface area contributed by atoms with Crippen LogP contribution in [0.2, 0.25) is 0 Å². The van der Waals surface area contributed by atoms with Crippen molar-refractivity contribution in [3.8, 4) is 0 Å². The van der Waals surface area contributed by atoms with Crippen LogP contribution in [-0.2, 0) is 6.54 Å². The summed E-state index contributed by atoms with van der Waals surface area (Å²) in [6.07, 6.45) is 4.80. The van der Waals surface area contributed by atoms with Crippen molar-refractivity contribution >= 4 is 0 Å². The first-order valence-corrected chi connectivity index (χ1v) is 7.64. The average Bonchev–Trinajstić information content (AvgIpc) is 3.14. The maximum absolute atomic E-state index is 9.43.